The number of hydrogen-bond donors (Lipinski definition) is 1. The Morgan fingerprint density at radius 1 is 0.974 bits per heavy atom. The summed E-state index contributed by atoms with van der Waals surface area (Å²) in [4.78, 5) is 45.3. The van der Waals surface area contributed by atoms with Gasteiger partial charge in [0.1, 0.15) is 17.8 Å². The van der Waals surface area contributed by atoms with Crippen LogP contribution in [0.15, 0.2) is 54.6 Å². The summed E-state index contributed by atoms with van der Waals surface area (Å²) in [6, 6.07) is 17.0. The zero-order chi connectivity index (χ0) is 27.0. The van der Waals surface area contributed by atoms with Gasteiger partial charge >= 0.3 is 0 Å². The molecule has 0 radical (unpaired) electrons. The lowest BCUT2D eigenvalue weighted by Crippen LogP contribution is -2.57. The van der Waals surface area contributed by atoms with Crippen LogP contribution in [0.5, 0.6) is 5.75 Å². The lowest BCUT2D eigenvalue weighted by Gasteiger charge is -2.43. The summed E-state index contributed by atoms with van der Waals surface area (Å²) in [7, 11) is 1.58. The van der Waals surface area contributed by atoms with E-state index < -0.39 is 5.54 Å². The zero-order valence-electron chi connectivity index (χ0n) is 22.7. The van der Waals surface area contributed by atoms with Crippen molar-refractivity contribution in [3.63, 3.8) is 0 Å². The number of unbranched alkanes of at least 4 members (excludes halogenated alkanes) is 4. The molecule has 3 amide bonds. The second-order valence-electron chi connectivity index (χ2n) is 10.3. The highest BCUT2D eigenvalue weighted by molar-refractivity contribution is 5.99. The number of nitrogens with zero attached hydrogens (tertiary/aromatic N) is 3. The number of piperidine rings is 1. The molecule has 1 N–H and O–H groups in total. The minimum atomic E-state index is -0.754. The molecule has 2 fully saturated rings. The maximum Gasteiger partial charge on any atom is 0.250 e. The smallest absolute Gasteiger partial charge is 0.250 e. The first kappa shape index (κ1) is 27.5. The predicted octanol–water partition coefficient (Wildman–Crippen LogP) is 4.66. The molecule has 8 nitrogen and oxygen atoms in total. The molecule has 0 unspecified atom stereocenters. The van der Waals surface area contributed by atoms with Gasteiger partial charge < -0.3 is 24.8 Å². The van der Waals surface area contributed by atoms with Gasteiger partial charge in [-0.25, -0.2) is 0 Å². The number of hydrogen-bond acceptors (Lipinski definition) is 5. The highest BCUT2D eigenvalue weighted by atomic mass is 16.5. The average molecular weight is 521 g/mol. The van der Waals surface area contributed by atoms with Gasteiger partial charge in [0.05, 0.1) is 13.8 Å². The molecule has 4 rings (SSSR count). The Kier molecular flexibility index (Phi) is 9.26. The molecule has 2 aromatic carbocycles. The summed E-state index contributed by atoms with van der Waals surface area (Å²) in [5.41, 5.74) is 0.819. The van der Waals surface area contributed by atoms with Crippen LogP contribution >= 0.6 is 0 Å². The molecule has 38 heavy (non-hydrogen) atoms. The molecule has 0 aliphatic carbocycles. The highest BCUT2D eigenvalue weighted by Gasteiger charge is 2.54. The number of likely N-dealkylation sites (tertiary alicyclic amines) is 1. The number of para-hydroxylation sites is 1. The van der Waals surface area contributed by atoms with Crippen LogP contribution in [0, 0.1) is 0 Å². The van der Waals surface area contributed by atoms with Crippen LogP contribution in [0.2, 0.25) is 0 Å². The van der Waals surface area contributed by atoms with Gasteiger partial charge in [0.15, 0.2) is 0 Å². The highest BCUT2D eigenvalue weighted by Crippen LogP contribution is 2.39. The lowest BCUT2D eigenvalue weighted by molar-refractivity contribution is -0.139. The molecule has 0 aromatic heterocycles. The summed E-state index contributed by atoms with van der Waals surface area (Å²) in [5, 5.41) is 2.88. The largest absolute Gasteiger partial charge is 0.497 e. The van der Waals surface area contributed by atoms with Gasteiger partial charge in [0, 0.05) is 37.0 Å². The first-order chi connectivity index (χ1) is 18.5. The van der Waals surface area contributed by atoms with E-state index in [9.17, 15) is 14.4 Å². The Morgan fingerprint density at radius 3 is 2.42 bits per heavy atom. The number of nitrogens with one attached hydrogen (secondary N) is 1. The van der Waals surface area contributed by atoms with Crippen LogP contribution in [0.4, 0.5) is 11.4 Å². The van der Waals surface area contributed by atoms with Crippen LogP contribution < -0.4 is 15.0 Å². The summed E-state index contributed by atoms with van der Waals surface area (Å²) in [6.07, 6.45) is 7.26. The average Bonchev–Trinajstić information content (AvgIpc) is 3.19. The molecule has 0 bridgehead atoms. The van der Waals surface area contributed by atoms with Gasteiger partial charge in [-0.2, -0.15) is 0 Å². The Balaban J connectivity index is 1.42. The van der Waals surface area contributed by atoms with Crippen molar-refractivity contribution in [1.82, 2.24) is 9.80 Å². The van der Waals surface area contributed by atoms with E-state index in [-0.39, 0.29) is 24.3 Å². The van der Waals surface area contributed by atoms with Crippen LogP contribution in [0.25, 0.3) is 0 Å². The molecular weight excluding hydrogens is 480 g/mol. The van der Waals surface area contributed by atoms with E-state index in [1.165, 1.54) is 19.3 Å². The van der Waals surface area contributed by atoms with E-state index in [1.54, 1.807) is 24.1 Å². The topological polar surface area (TPSA) is 82.2 Å². The van der Waals surface area contributed by atoms with Gasteiger partial charge in [-0.3, -0.25) is 14.4 Å². The fourth-order valence-electron chi connectivity index (χ4n) is 5.56. The van der Waals surface area contributed by atoms with Crippen molar-refractivity contribution >= 4 is 29.1 Å². The molecule has 8 heteroatoms. The number of methoxy groups -OCH3 is 1. The lowest BCUT2D eigenvalue weighted by atomic mass is 9.85. The van der Waals surface area contributed by atoms with E-state index in [1.807, 2.05) is 47.4 Å². The van der Waals surface area contributed by atoms with Crippen LogP contribution in [0.3, 0.4) is 0 Å². The molecule has 2 heterocycles. The van der Waals surface area contributed by atoms with Crippen molar-refractivity contribution in [3.8, 4) is 5.75 Å². The molecule has 0 atom stereocenters. The monoisotopic (exact) mass is 520 g/mol. The van der Waals surface area contributed by atoms with Gasteiger partial charge in [0.2, 0.25) is 11.8 Å². The van der Waals surface area contributed by atoms with Gasteiger partial charge in [-0.05, 0) is 43.5 Å². The molecule has 2 aromatic rings. The third-order valence-corrected chi connectivity index (χ3v) is 7.71. The Morgan fingerprint density at radius 2 is 1.71 bits per heavy atom. The fourth-order valence-corrected chi connectivity index (χ4v) is 5.56. The van der Waals surface area contributed by atoms with E-state index in [0.29, 0.717) is 50.5 Å². The van der Waals surface area contributed by atoms with Crippen molar-refractivity contribution in [1.29, 1.82) is 0 Å². The Labute approximate surface area is 225 Å². The number of anilines is 2. The number of amides is 3. The maximum atomic E-state index is 13.9. The minimum absolute atomic E-state index is 0.0401. The number of ether oxygens (including phenoxy) is 1. The van der Waals surface area contributed by atoms with Gasteiger partial charge in [0.25, 0.3) is 5.91 Å². The molecular formula is C30H40N4O4. The Hall–Kier alpha value is -3.55. The molecule has 1 spiro atoms. The SMILES string of the molecule is CCCCCCCC(=O)N1CCC2(CC1)C(=O)N(CC(=O)Nc1cccc(OC)c1)CN2c1ccccc1. The third kappa shape index (κ3) is 6.29. The first-order valence-corrected chi connectivity index (χ1v) is 13.8. The fraction of sp³-hybridized carbons (Fsp3) is 0.500. The molecule has 0 saturated carbocycles. The normalized spacial score (nSPS) is 16.7. The molecule has 204 valence electrons. The second kappa shape index (κ2) is 12.8. The molecule has 2 saturated heterocycles. The van der Waals surface area contributed by atoms with Gasteiger partial charge in [-0.15, -0.1) is 0 Å². The summed E-state index contributed by atoms with van der Waals surface area (Å²) < 4.78 is 5.24. The number of benzene rings is 2. The van der Waals surface area contributed by atoms with E-state index in [4.69, 9.17) is 4.74 Å². The predicted molar refractivity (Wildman–Crippen MR) is 149 cm³/mol. The second-order valence-corrected chi connectivity index (χ2v) is 10.3. The number of carbonyl (C=O) groups excluding carboxylic acids is 3. The summed E-state index contributed by atoms with van der Waals surface area (Å²) in [5.74, 6) is 0.528. The van der Waals surface area contributed by atoms with Crippen molar-refractivity contribution in [2.75, 3.05) is 43.6 Å². The number of rotatable bonds is 11. The van der Waals surface area contributed by atoms with E-state index in [0.717, 1.165) is 18.5 Å². The quantitative estimate of drug-likeness (QED) is 0.436. The van der Waals surface area contributed by atoms with Gasteiger partial charge in [-0.1, -0.05) is 56.9 Å². The minimum Gasteiger partial charge on any atom is -0.497 e. The molecule has 2 aliphatic rings. The maximum absolute atomic E-state index is 13.9. The van der Waals surface area contributed by atoms with Crippen molar-refractivity contribution in [2.45, 2.75) is 63.8 Å². The standard InChI is InChI=1S/C30H40N4O4/c1-3-4-5-6-10-16-28(36)32-19-17-30(18-20-32)29(37)33(23-34(30)25-13-8-7-9-14-25)22-27(35)31-24-12-11-15-26(21-24)38-2/h7-9,11-15,21H,3-6,10,16-20,22-23H2,1-2H3,(H,31,35). The van der Waals surface area contributed by atoms with Crippen molar-refractivity contribution in [3.05, 3.63) is 54.6 Å². The number of carbonyl (C=O) groups is 3. The van der Waals surface area contributed by atoms with E-state index >= 15 is 0 Å². The van der Waals surface area contributed by atoms with Crippen LogP contribution in [0.1, 0.15) is 58.3 Å². The summed E-state index contributed by atoms with van der Waals surface area (Å²) >= 11 is 0. The van der Waals surface area contributed by atoms with Crippen LogP contribution in [-0.2, 0) is 14.4 Å². The van der Waals surface area contributed by atoms with Crippen molar-refractivity contribution < 1.29 is 19.1 Å². The third-order valence-electron chi connectivity index (χ3n) is 7.71. The Bertz CT molecular complexity index is 1100. The van der Waals surface area contributed by atoms with Crippen molar-refractivity contribution in [2.24, 2.45) is 0 Å². The van der Waals surface area contributed by atoms with Crippen LogP contribution in [-0.4, -0.2) is 66.5 Å². The zero-order valence-corrected chi connectivity index (χ0v) is 22.7. The first-order valence-electron chi connectivity index (χ1n) is 13.8. The van der Waals surface area contributed by atoms with E-state index in [2.05, 4.69) is 17.1 Å². The molecule has 2 aliphatic heterocycles. The summed E-state index contributed by atoms with van der Waals surface area (Å²) in [6.45, 7) is 3.58.